The van der Waals surface area contributed by atoms with E-state index in [2.05, 4.69) is 10.6 Å². The first kappa shape index (κ1) is 11.7. The van der Waals surface area contributed by atoms with E-state index in [1.807, 2.05) is 20.8 Å². The van der Waals surface area contributed by atoms with Gasteiger partial charge in [0.15, 0.2) is 0 Å². The first-order chi connectivity index (χ1) is 7.44. The molecule has 2 bridgehead atoms. The largest absolute Gasteiger partial charge is 0.444 e. The number of amides is 1. The molecule has 0 aliphatic carbocycles. The summed E-state index contributed by atoms with van der Waals surface area (Å²) in [5, 5.41) is 6.52. The Morgan fingerprint density at radius 3 is 2.62 bits per heavy atom. The van der Waals surface area contributed by atoms with Crippen LogP contribution in [0.3, 0.4) is 0 Å². The van der Waals surface area contributed by atoms with Crippen molar-refractivity contribution in [2.24, 2.45) is 0 Å². The second-order valence-electron chi connectivity index (χ2n) is 5.88. The van der Waals surface area contributed by atoms with Crippen molar-refractivity contribution in [2.75, 3.05) is 0 Å². The molecule has 1 amide bonds. The molecule has 0 spiro atoms. The van der Waals surface area contributed by atoms with E-state index in [1.54, 1.807) is 0 Å². The van der Waals surface area contributed by atoms with Gasteiger partial charge >= 0.3 is 6.09 Å². The SMILES string of the molecule is CC(C)(C)OC(=O)NC1CCC2CCC1N2. The van der Waals surface area contributed by atoms with Gasteiger partial charge in [0.1, 0.15) is 5.60 Å². The van der Waals surface area contributed by atoms with Gasteiger partial charge in [0, 0.05) is 18.1 Å². The molecule has 0 aromatic heterocycles. The van der Waals surface area contributed by atoms with Gasteiger partial charge in [-0.05, 0) is 46.5 Å². The highest BCUT2D eigenvalue weighted by atomic mass is 16.6. The number of hydrogen-bond acceptors (Lipinski definition) is 3. The van der Waals surface area contributed by atoms with E-state index in [0.29, 0.717) is 12.1 Å². The molecule has 3 atom stereocenters. The monoisotopic (exact) mass is 226 g/mol. The summed E-state index contributed by atoms with van der Waals surface area (Å²) < 4.78 is 5.27. The zero-order valence-corrected chi connectivity index (χ0v) is 10.4. The van der Waals surface area contributed by atoms with Crippen LogP contribution >= 0.6 is 0 Å². The zero-order chi connectivity index (χ0) is 11.8. The van der Waals surface area contributed by atoms with Crippen molar-refractivity contribution >= 4 is 6.09 Å². The highest BCUT2D eigenvalue weighted by Gasteiger charge is 2.36. The fourth-order valence-electron chi connectivity index (χ4n) is 2.61. The molecule has 3 unspecified atom stereocenters. The van der Waals surface area contributed by atoms with Crippen LogP contribution < -0.4 is 10.6 Å². The first-order valence-electron chi connectivity index (χ1n) is 6.19. The molecule has 0 radical (unpaired) electrons. The van der Waals surface area contributed by atoms with Gasteiger partial charge in [-0.25, -0.2) is 4.79 Å². The van der Waals surface area contributed by atoms with Gasteiger partial charge in [-0.2, -0.15) is 0 Å². The molecule has 0 aromatic carbocycles. The van der Waals surface area contributed by atoms with Crippen LogP contribution in [0.4, 0.5) is 4.79 Å². The van der Waals surface area contributed by atoms with Gasteiger partial charge in [-0.3, -0.25) is 0 Å². The summed E-state index contributed by atoms with van der Waals surface area (Å²) in [5.74, 6) is 0. The lowest BCUT2D eigenvalue weighted by molar-refractivity contribution is 0.0484. The molecule has 2 N–H and O–H groups in total. The van der Waals surface area contributed by atoms with E-state index in [1.165, 1.54) is 12.8 Å². The fourth-order valence-corrected chi connectivity index (χ4v) is 2.61. The summed E-state index contributed by atoms with van der Waals surface area (Å²) >= 11 is 0. The van der Waals surface area contributed by atoms with Crippen LogP contribution in [0.25, 0.3) is 0 Å². The third kappa shape index (κ3) is 2.88. The number of carbonyl (C=O) groups excluding carboxylic acids is 1. The molecule has 92 valence electrons. The number of carbonyl (C=O) groups is 1. The molecule has 2 saturated heterocycles. The third-order valence-corrected chi connectivity index (χ3v) is 3.29. The van der Waals surface area contributed by atoms with Gasteiger partial charge in [0.25, 0.3) is 0 Å². The zero-order valence-electron chi connectivity index (χ0n) is 10.4. The minimum absolute atomic E-state index is 0.244. The van der Waals surface area contributed by atoms with E-state index >= 15 is 0 Å². The lowest BCUT2D eigenvalue weighted by atomic mass is 10.0. The Hall–Kier alpha value is -0.770. The summed E-state index contributed by atoms with van der Waals surface area (Å²) in [4.78, 5) is 11.6. The average molecular weight is 226 g/mol. The second kappa shape index (κ2) is 4.24. The maximum absolute atomic E-state index is 11.6. The van der Waals surface area contributed by atoms with Crippen LogP contribution in [-0.2, 0) is 4.74 Å². The van der Waals surface area contributed by atoms with Gasteiger partial charge < -0.3 is 15.4 Å². The second-order valence-corrected chi connectivity index (χ2v) is 5.88. The molecule has 2 aliphatic rings. The van der Waals surface area contributed by atoms with Gasteiger partial charge in [0.2, 0.25) is 0 Å². The number of rotatable bonds is 1. The third-order valence-electron chi connectivity index (χ3n) is 3.29. The molecule has 2 heterocycles. The molecular formula is C12H22N2O2. The van der Waals surface area contributed by atoms with Crippen molar-refractivity contribution in [3.05, 3.63) is 0 Å². The Kier molecular flexibility index (Phi) is 3.10. The molecule has 2 rings (SSSR count). The topological polar surface area (TPSA) is 50.4 Å². The Morgan fingerprint density at radius 1 is 1.25 bits per heavy atom. The van der Waals surface area contributed by atoms with Crippen LogP contribution in [-0.4, -0.2) is 29.8 Å². The first-order valence-corrected chi connectivity index (χ1v) is 6.19. The lowest BCUT2D eigenvalue weighted by Gasteiger charge is -2.31. The van der Waals surface area contributed by atoms with Crippen molar-refractivity contribution in [1.82, 2.24) is 10.6 Å². The number of nitrogens with one attached hydrogen (secondary N) is 2. The molecular weight excluding hydrogens is 204 g/mol. The van der Waals surface area contributed by atoms with Gasteiger partial charge in [-0.15, -0.1) is 0 Å². The number of fused-ring (bicyclic) bond motifs is 2. The van der Waals surface area contributed by atoms with Crippen molar-refractivity contribution in [3.8, 4) is 0 Å². The number of ether oxygens (including phenoxy) is 1. The molecule has 0 aromatic rings. The van der Waals surface area contributed by atoms with Crippen LogP contribution in [0.15, 0.2) is 0 Å². The minimum Gasteiger partial charge on any atom is -0.444 e. The van der Waals surface area contributed by atoms with E-state index in [9.17, 15) is 4.79 Å². The fraction of sp³-hybridized carbons (Fsp3) is 0.917. The van der Waals surface area contributed by atoms with Crippen LogP contribution in [0.2, 0.25) is 0 Å². The standard InChI is InChI=1S/C12H22N2O2/c1-12(2,3)16-11(15)14-10-7-5-8-4-6-9(10)13-8/h8-10,13H,4-7H2,1-3H3,(H,14,15). The minimum atomic E-state index is -0.412. The molecule has 0 saturated carbocycles. The maximum atomic E-state index is 11.6. The van der Waals surface area contributed by atoms with Gasteiger partial charge in [-0.1, -0.05) is 0 Å². The van der Waals surface area contributed by atoms with Gasteiger partial charge in [0.05, 0.1) is 0 Å². The number of piperidine rings is 1. The molecule has 2 aliphatic heterocycles. The highest BCUT2D eigenvalue weighted by molar-refractivity contribution is 5.68. The quantitative estimate of drug-likeness (QED) is 0.716. The predicted octanol–water partition coefficient (Wildman–Crippen LogP) is 1.79. The van der Waals surface area contributed by atoms with E-state index in [-0.39, 0.29) is 12.1 Å². The Labute approximate surface area is 97.1 Å². The Morgan fingerprint density at radius 2 is 1.94 bits per heavy atom. The van der Waals surface area contributed by atoms with E-state index < -0.39 is 5.60 Å². The lowest BCUT2D eigenvalue weighted by Crippen LogP contribution is -2.53. The van der Waals surface area contributed by atoms with E-state index in [4.69, 9.17) is 4.74 Å². The molecule has 2 fully saturated rings. The van der Waals surface area contributed by atoms with Crippen LogP contribution in [0.1, 0.15) is 46.5 Å². The molecule has 16 heavy (non-hydrogen) atoms. The van der Waals surface area contributed by atoms with Crippen LogP contribution in [0, 0.1) is 0 Å². The smallest absolute Gasteiger partial charge is 0.407 e. The number of alkyl carbamates (subject to hydrolysis) is 1. The predicted molar refractivity (Wildman–Crippen MR) is 62.3 cm³/mol. The van der Waals surface area contributed by atoms with Crippen molar-refractivity contribution in [1.29, 1.82) is 0 Å². The van der Waals surface area contributed by atoms with Crippen LogP contribution in [0.5, 0.6) is 0 Å². The summed E-state index contributed by atoms with van der Waals surface area (Å²) in [6, 6.07) is 1.38. The molecule has 4 heteroatoms. The summed E-state index contributed by atoms with van der Waals surface area (Å²) in [7, 11) is 0. The maximum Gasteiger partial charge on any atom is 0.407 e. The Bertz CT molecular complexity index is 273. The van der Waals surface area contributed by atoms with E-state index in [0.717, 1.165) is 12.8 Å². The van der Waals surface area contributed by atoms with Crippen molar-refractivity contribution in [3.63, 3.8) is 0 Å². The summed E-state index contributed by atoms with van der Waals surface area (Å²) in [6.07, 6.45) is 4.37. The summed E-state index contributed by atoms with van der Waals surface area (Å²) in [5.41, 5.74) is -0.412. The summed E-state index contributed by atoms with van der Waals surface area (Å²) in [6.45, 7) is 5.66. The Balaban J connectivity index is 1.83. The normalized spacial score (nSPS) is 33.6. The average Bonchev–Trinajstić information content (AvgIpc) is 2.51. The highest BCUT2D eigenvalue weighted by Crippen LogP contribution is 2.26. The molecule has 4 nitrogen and oxygen atoms in total. The number of hydrogen-bond donors (Lipinski definition) is 2. The van der Waals surface area contributed by atoms with Crippen molar-refractivity contribution in [2.45, 2.75) is 70.2 Å². The van der Waals surface area contributed by atoms with Crippen molar-refractivity contribution < 1.29 is 9.53 Å².